The highest BCUT2D eigenvalue weighted by molar-refractivity contribution is 6.30. The second-order valence-electron chi connectivity index (χ2n) is 3.54. The molecule has 1 aromatic carbocycles. The molecule has 0 radical (unpaired) electrons. The monoisotopic (exact) mass is 291 g/mol. The third kappa shape index (κ3) is 3.14. The van der Waals surface area contributed by atoms with E-state index in [1.165, 1.54) is 12.1 Å². The van der Waals surface area contributed by atoms with Crippen molar-refractivity contribution >= 4 is 11.6 Å². The zero-order valence-electron chi connectivity index (χ0n) is 9.21. The first-order valence-corrected chi connectivity index (χ1v) is 5.41. The molecule has 2 rings (SSSR count). The molecule has 1 aromatic heterocycles. The molecule has 0 fully saturated rings. The minimum atomic E-state index is -4.60. The standard InChI is InChI=1S/C12H6ClF4NO/c13-7-5-9(14)11(18-6-7)19-10-4-2-1-3-8(10)12(15,16)17/h1-6H. The number of alkyl halides is 3. The van der Waals surface area contributed by atoms with E-state index < -0.39 is 29.2 Å². The number of benzene rings is 1. The number of para-hydroxylation sites is 1. The van der Waals surface area contributed by atoms with Gasteiger partial charge in [-0.15, -0.1) is 0 Å². The van der Waals surface area contributed by atoms with Crippen LogP contribution in [0.4, 0.5) is 17.6 Å². The van der Waals surface area contributed by atoms with Crippen molar-refractivity contribution < 1.29 is 22.3 Å². The molecule has 0 aliphatic heterocycles. The number of rotatable bonds is 2. The highest BCUT2D eigenvalue weighted by Crippen LogP contribution is 2.37. The van der Waals surface area contributed by atoms with E-state index in [0.29, 0.717) is 0 Å². The van der Waals surface area contributed by atoms with Crippen molar-refractivity contribution in [2.45, 2.75) is 6.18 Å². The molecule has 19 heavy (non-hydrogen) atoms. The highest BCUT2D eigenvalue weighted by Gasteiger charge is 2.34. The molecule has 0 unspecified atom stereocenters. The molecule has 0 N–H and O–H groups in total. The van der Waals surface area contributed by atoms with Gasteiger partial charge < -0.3 is 4.74 Å². The van der Waals surface area contributed by atoms with Gasteiger partial charge in [-0.2, -0.15) is 13.2 Å². The van der Waals surface area contributed by atoms with E-state index in [1.807, 2.05) is 0 Å². The van der Waals surface area contributed by atoms with Gasteiger partial charge in [-0.3, -0.25) is 0 Å². The second-order valence-corrected chi connectivity index (χ2v) is 3.97. The molecule has 0 saturated heterocycles. The number of halogens is 5. The lowest BCUT2D eigenvalue weighted by Crippen LogP contribution is -2.07. The van der Waals surface area contributed by atoms with Crippen LogP contribution in [0.1, 0.15) is 5.56 Å². The van der Waals surface area contributed by atoms with E-state index in [1.54, 1.807) is 0 Å². The lowest BCUT2D eigenvalue weighted by molar-refractivity contribution is -0.138. The Bertz CT molecular complexity index is 601. The molecular formula is C12H6ClF4NO. The molecule has 0 amide bonds. The summed E-state index contributed by atoms with van der Waals surface area (Å²) in [6.45, 7) is 0. The summed E-state index contributed by atoms with van der Waals surface area (Å²) in [6.07, 6.45) is -3.52. The van der Waals surface area contributed by atoms with Crippen molar-refractivity contribution in [2.75, 3.05) is 0 Å². The van der Waals surface area contributed by atoms with Crippen LogP contribution >= 0.6 is 11.6 Å². The van der Waals surface area contributed by atoms with Gasteiger partial charge in [0.15, 0.2) is 5.82 Å². The first-order chi connectivity index (χ1) is 8.88. The zero-order valence-corrected chi connectivity index (χ0v) is 9.97. The minimum absolute atomic E-state index is 0.0222. The SMILES string of the molecule is Fc1cc(Cl)cnc1Oc1ccccc1C(F)(F)F. The lowest BCUT2D eigenvalue weighted by Gasteiger charge is -2.13. The number of aromatic nitrogens is 1. The van der Waals surface area contributed by atoms with Crippen LogP contribution in [-0.4, -0.2) is 4.98 Å². The molecule has 1 heterocycles. The number of nitrogens with zero attached hydrogens (tertiary/aromatic N) is 1. The van der Waals surface area contributed by atoms with Crippen molar-refractivity contribution in [2.24, 2.45) is 0 Å². The Kier molecular flexibility index (Phi) is 3.61. The van der Waals surface area contributed by atoms with E-state index in [2.05, 4.69) is 4.98 Å². The average Bonchev–Trinajstić information content (AvgIpc) is 2.32. The third-order valence-electron chi connectivity index (χ3n) is 2.17. The third-order valence-corrected chi connectivity index (χ3v) is 2.38. The molecule has 0 bridgehead atoms. The number of hydrogen-bond donors (Lipinski definition) is 0. The second kappa shape index (κ2) is 5.05. The van der Waals surface area contributed by atoms with Gasteiger partial charge in [0.05, 0.1) is 10.6 Å². The Morgan fingerprint density at radius 3 is 2.47 bits per heavy atom. The fourth-order valence-corrected chi connectivity index (χ4v) is 1.52. The van der Waals surface area contributed by atoms with Gasteiger partial charge in [-0.1, -0.05) is 23.7 Å². The number of pyridine rings is 1. The maximum atomic E-state index is 13.4. The van der Waals surface area contributed by atoms with E-state index in [4.69, 9.17) is 16.3 Å². The summed E-state index contributed by atoms with van der Waals surface area (Å²) in [5.41, 5.74) is -1.01. The zero-order chi connectivity index (χ0) is 14.0. The molecular weight excluding hydrogens is 286 g/mol. The topological polar surface area (TPSA) is 22.1 Å². The quantitative estimate of drug-likeness (QED) is 0.749. The van der Waals surface area contributed by atoms with Gasteiger partial charge in [0.25, 0.3) is 5.88 Å². The molecule has 100 valence electrons. The summed E-state index contributed by atoms with van der Waals surface area (Å²) in [4.78, 5) is 3.50. The first-order valence-electron chi connectivity index (χ1n) is 5.03. The van der Waals surface area contributed by atoms with Crippen molar-refractivity contribution in [3.8, 4) is 11.6 Å². The van der Waals surface area contributed by atoms with Crippen molar-refractivity contribution in [1.29, 1.82) is 0 Å². The van der Waals surface area contributed by atoms with E-state index in [0.717, 1.165) is 24.4 Å². The van der Waals surface area contributed by atoms with Crippen LogP contribution in [0.15, 0.2) is 36.5 Å². The summed E-state index contributed by atoms with van der Waals surface area (Å²) in [5.74, 6) is -2.03. The smallest absolute Gasteiger partial charge is 0.419 e. The van der Waals surface area contributed by atoms with Gasteiger partial charge >= 0.3 is 6.18 Å². The Morgan fingerprint density at radius 2 is 1.84 bits per heavy atom. The predicted molar refractivity (Wildman–Crippen MR) is 60.7 cm³/mol. The van der Waals surface area contributed by atoms with Crippen LogP contribution < -0.4 is 4.74 Å². The van der Waals surface area contributed by atoms with Gasteiger partial charge in [-0.05, 0) is 18.2 Å². The number of ether oxygens (including phenoxy) is 1. The van der Waals surface area contributed by atoms with Crippen LogP contribution in [0.2, 0.25) is 5.02 Å². The average molecular weight is 292 g/mol. The van der Waals surface area contributed by atoms with Gasteiger partial charge in [0, 0.05) is 6.20 Å². The maximum Gasteiger partial charge on any atom is 0.419 e. The highest BCUT2D eigenvalue weighted by atomic mass is 35.5. The summed E-state index contributed by atoms with van der Waals surface area (Å²) >= 11 is 5.49. The Hall–Kier alpha value is -1.82. The van der Waals surface area contributed by atoms with E-state index in [-0.39, 0.29) is 5.02 Å². The van der Waals surface area contributed by atoms with E-state index >= 15 is 0 Å². The summed E-state index contributed by atoms with van der Waals surface area (Å²) in [6, 6.07) is 5.38. The fourth-order valence-electron chi connectivity index (χ4n) is 1.37. The van der Waals surface area contributed by atoms with Gasteiger partial charge in [0.2, 0.25) is 0 Å². The van der Waals surface area contributed by atoms with Crippen LogP contribution in [0.25, 0.3) is 0 Å². The fraction of sp³-hybridized carbons (Fsp3) is 0.0833. The van der Waals surface area contributed by atoms with Gasteiger partial charge in [0.1, 0.15) is 5.75 Å². The van der Waals surface area contributed by atoms with Crippen LogP contribution in [0.3, 0.4) is 0 Å². The normalized spacial score (nSPS) is 11.4. The molecule has 0 saturated carbocycles. The first kappa shape index (κ1) is 13.6. The lowest BCUT2D eigenvalue weighted by atomic mass is 10.2. The summed E-state index contributed by atoms with van der Waals surface area (Å²) in [7, 11) is 0. The largest absolute Gasteiger partial charge is 0.436 e. The molecule has 0 aliphatic carbocycles. The number of hydrogen-bond acceptors (Lipinski definition) is 2. The predicted octanol–water partition coefficient (Wildman–Crippen LogP) is 4.69. The van der Waals surface area contributed by atoms with Crippen molar-refractivity contribution in [3.05, 3.63) is 52.9 Å². The molecule has 2 aromatic rings. The summed E-state index contributed by atoms with van der Waals surface area (Å²) in [5, 5.41) is 0.0222. The Morgan fingerprint density at radius 1 is 1.16 bits per heavy atom. The van der Waals surface area contributed by atoms with E-state index in [9.17, 15) is 17.6 Å². The molecule has 0 aliphatic rings. The molecule has 0 atom stereocenters. The van der Waals surface area contributed by atoms with Crippen LogP contribution in [0, 0.1) is 5.82 Å². The Labute approximate surface area is 110 Å². The van der Waals surface area contributed by atoms with Crippen molar-refractivity contribution in [1.82, 2.24) is 4.98 Å². The van der Waals surface area contributed by atoms with Crippen molar-refractivity contribution in [3.63, 3.8) is 0 Å². The van der Waals surface area contributed by atoms with Gasteiger partial charge in [-0.25, -0.2) is 9.37 Å². The van der Waals surface area contributed by atoms with Crippen LogP contribution in [-0.2, 0) is 6.18 Å². The Balaban J connectivity index is 2.39. The molecule has 7 heteroatoms. The maximum absolute atomic E-state index is 13.4. The minimum Gasteiger partial charge on any atom is -0.436 e. The summed E-state index contributed by atoms with van der Waals surface area (Å²) < 4.78 is 56.4. The molecule has 0 spiro atoms. The molecule has 2 nitrogen and oxygen atoms in total. The van der Waals surface area contributed by atoms with Crippen LogP contribution in [0.5, 0.6) is 11.6 Å².